The summed E-state index contributed by atoms with van der Waals surface area (Å²) in [4.78, 5) is 12.7. The molecule has 0 saturated carbocycles. The first-order chi connectivity index (χ1) is 5.50. The van der Waals surface area contributed by atoms with Gasteiger partial charge in [0.1, 0.15) is 0 Å². The van der Waals surface area contributed by atoms with Gasteiger partial charge in [0.2, 0.25) is 5.91 Å². The van der Waals surface area contributed by atoms with E-state index in [-0.39, 0.29) is 18.0 Å². The summed E-state index contributed by atoms with van der Waals surface area (Å²) in [5.41, 5.74) is 5.15. The van der Waals surface area contributed by atoms with Gasteiger partial charge in [-0.15, -0.1) is 0 Å². The van der Waals surface area contributed by atoms with Gasteiger partial charge in [-0.1, -0.05) is 0 Å². The SMILES string of the molecule is COCC(C)N(C)C(C)C(N)=O. The Morgan fingerprint density at radius 3 is 2.42 bits per heavy atom. The molecule has 0 fully saturated rings. The number of nitrogens with zero attached hydrogens (tertiary/aromatic N) is 1. The third-order valence-corrected chi connectivity index (χ3v) is 2.13. The van der Waals surface area contributed by atoms with Gasteiger partial charge in [0, 0.05) is 13.2 Å². The zero-order chi connectivity index (χ0) is 9.72. The molecule has 72 valence electrons. The molecule has 0 rings (SSSR count). The summed E-state index contributed by atoms with van der Waals surface area (Å²) in [7, 11) is 3.50. The molecule has 0 saturated heterocycles. The van der Waals surface area contributed by atoms with Crippen molar-refractivity contribution < 1.29 is 9.53 Å². The average Bonchev–Trinajstić information content (AvgIpc) is 2.02. The van der Waals surface area contributed by atoms with Gasteiger partial charge in [-0.3, -0.25) is 9.69 Å². The fourth-order valence-electron chi connectivity index (χ4n) is 0.941. The number of methoxy groups -OCH3 is 1. The van der Waals surface area contributed by atoms with E-state index < -0.39 is 0 Å². The second-order valence-corrected chi connectivity index (χ2v) is 3.05. The van der Waals surface area contributed by atoms with Crippen LogP contribution in [0.15, 0.2) is 0 Å². The lowest BCUT2D eigenvalue weighted by Crippen LogP contribution is -2.46. The minimum atomic E-state index is -0.305. The van der Waals surface area contributed by atoms with E-state index in [0.717, 1.165) is 0 Å². The zero-order valence-corrected chi connectivity index (χ0v) is 8.20. The number of nitrogens with two attached hydrogens (primary N) is 1. The summed E-state index contributed by atoms with van der Waals surface area (Å²) in [5, 5.41) is 0. The number of amides is 1. The maximum atomic E-state index is 10.8. The highest BCUT2D eigenvalue weighted by molar-refractivity contribution is 5.79. The predicted octanol–water partition coefficient (Wildman–Crippen LogP) is -0.173. The molecule has 0 aromatic heterocycles. The van der Waals surface area contributed by atoms with E-state index in [1.807, 2.05) is 18.9 Å². The lowest BCUT2D eigenvalue weighted by molar-refractivity contribution is -0.123. The molecule has 2 N–H and O–H groups in total. The number of primary amides is 1. The monoisotopic (exact) mass is 174 g/mol. The average molecular weight is 174 g/mol. The second-order valence-electron chi connectivity index (χ2n) is 3.05. The van der Waals surface area contributed by atoms with Gasteiger partial charge in [-0.2, -0.15) is 0 Å². The molecule has 2 atom stereocenters. The Balaban J connectivity index is 3.99. The van der Waals surface area contributed by atoms with Crippen molar-refractivity contribution in [3.05, 3.63) is 0 Å². The number of carbonyl (C=O) groups excluding carboxylic acids is 1. The van der Waals surface area contributed by atoms with Crippen LogP contribution in [-0.2, 0) is 9.53 Å². The fraction of sp³-hybridized carbons (Fsp3) is 0.875. The zero-order valence-electron chi connectivity index (χ0n) is 8.20. The molecular formula is C8H18N2O2. The van der Waals surface area contributed by atoms with Gasteiger partial charge >= 0.3 is 0 Å². The Kier molecular flexibility index (Phi) is 4.85. The molecule has 2 unspecified atom stereocenters. The molecular weight excluding hydrogens is 156 g/mol. The van der Waals surface area contributed by atoms with Crippen LogP contribution in [0.2, 0.25) is 0 Å². The Morgan fingerprint density at radius 1 is 1.58 bits per heavy atom. The Morgan fingerprint density at radius 2 is 2.08 bits per heavy atom. The molecule has 4 heteroatoms. The van der Waals surface area contributed by atoms with E-state index in [4.69, 9.17) is 10.5 Å². The van der Waals surface area contributed by atoms with Crippen molar-refractivity contribution >= 4 is 5.91 Å². The van der Waals surface area contributed by atoms with Crippen molar-refractivity contribution in [1.29, 1.82) is 0 Å². The van der Waals surface area contributed by atoms with Crippen molar-refractivity contribution in [3.63, 3.8) is 0 Å². The number of hydrogen-bond acceptors (Lipinski definition) is 3. The largest absolute Gasteiger partial charge is 0.383 e. The number of likely N-dealkylation sites (N-methyl/N-ethyl adjacent to an activating group) is 1. The van der Waals surface area contributed by atoms with E-state index >= 15 is 0 Å². The molecule has 1 amide bonds. The first-order valence-corrected chi connectivity index (χ1v) is 4.00. The highest BCUT2D eigenvalue weighted by Crippen LogP contribution is 2.01. The normalized spacial score (nSPS) is 16.1. The molecule has 0 spiro atoms. The van der Waals surface area contributed by atoms with Crippen LogP contribution in [0.3, 0.4) is 0 Å². The molecule has 0 bridgehead atoms. The van der Waals surface area contributed by atoms with Gasteiger partial charge in [0.05, 0.1) is 12.6 Å². The number of hydrogen-bond donors (Lipinski definition) is 1. The minimum absolute atomic E-state index is 0.206. The smallest absolute Gasteiger partial charge is 0.234 e. The first kappa shape index (κ1) is 11.4. The van der Waals surface area contributed by atoms with Gasteiger partial charge in [0.25, 0.3) is 0 Å². The molecule has 0 aliphatic rings. The molecule has 0 radical (unpaired) electrons. The van der Waals surface area contributed by atoms with Crippen molar-refractivity contribution in [3.8, 4) is 0 Å². The lowest BCUT2D eigenvalue weighted by Gasteiger charge is -2.28. The number of ether oxygens (including phenoxy) is 1. The molecule has 0 aliphatic carbocycles. The highest BCUT2D eigenvalue weighted by atomic mass is 16.5. The van der Waals surface area contributed by atoms with Crippen LogP contribution < -0.4 is 5.73 Å². The fourth-order valence-corrected chi connectivity index (χ4v) is 0.941. The van der Waals surface area contributed by atoms with Crippen molar-refractivity contribution in [1.82, 2.24) is 4.90 Å². The maximum Gasteiger partial charge on any atom is 0.234 e. The van der Waals surface area contributed by atoms with Crippen LogP contribution in [-0.4, -0.2) is 43.7 Å². The van der Waals surface area contributed by atoms with Crippen LogP contribution >= 0.6 is 0 Å². The van der Waals surface area contributed by atoms with Crippen LogP contribution in [0.1, 0.15) is 13.8 Å². The third-order valence-electron chi connectivity index (χ3n) is 2.13. The highest BCUT2D eigenvalue weighted by Gasteiger charge is 2.19. The van der Waals surface area contributed by atoms with Gasteiger partial charge < -0.3 is 10.5 Å². The topological polar surface area (TPSA) is 55.6 Å². The van der Waals surface area contributed by atoms with E-state index in [0.29, 0.717) is 6.61 Å². The van der Waals surface area contributed by atoms with E-state index in [2.05, 4.69) is 0 Å². The van der Waals surface area contributed by atoms with Crippen molar-refractivity contribution in [2.24, 2.45) is 5.73 Å². The minimum Gasteiger partial charge on any atom is -0.383 e. The Labute approximate surface area is 73.7 Å². The van der Waals surface area contributed by atoms with Crippen LogP contribution in [0.4, 0.5) is 0 Å². The van der Waals surface area contributed by atoms with Gasteiger partial charge in [-0.05, 0) is 20.9 Å². The third kappa shape index (κ3) is 3.19. The predicted molar refractivity (Wildman–Crippen MR) is 47.8 cm³/mol. The Bertz CT molecular complexity index is 150. The van der Waals surface area contributed by atoms with Gasteiger partial charge in [-0.25, -0.2) is 0 Å². The van der Waals surface area contributed by atoms with E-state index in [1.165, 1.54) is 0 Å². The molecule has 12 heavy (non-hydrogen) atoms. The van der Waals surface area contributed by atoms with E-state index in [1.54, 1.807) is 14.0 Å². The van der Waals surface area contributed by atoms with Gasteiger partial charge in [0.15, 0.2) is 0 Å². The number of rotatable bonds is 5. The lowest BCUT2D eigenvalue weighted by atomic mass is 10.2. The molecule has 0 aliphatic heterocycles. The summed E-state index contributed by atoms with van der Waals surface area (Å²) in [6.07, 6.45) is 0. The summed E-state index contributed by atoms with van der Waals surface area (Å²) in [6, 6.07) is -0.0346. The summed E-state index contributed by atoms with van der Waals surface area (Å²) in [6.45, 7) is 4.38. The number of carbonyl (C=O) groups is 1. The quantitative estimate of drug-likeness (QED) is 0.629. The first-order valence-electron chi connectivity index (χ1n) is 4.00. The second kappa shape index (κ2) is 5.11. The summed E-state index contributed by atoms with van der Waals surface area (Å²) >= 11 is 0. The summed E-state index contributed by atoms with van der Waals surface area (Å²) in [5.74, 6) is -0.305. The van der Waals surface area contributed by atoms with Crippen LogP contribution in [0.25, 0.3) is 0 Å². The van der Waals surface area contributed by atoms with Crippen LogP contribution in [0, 0.1) is 0 Å². The summed E-state index contributed by atoms with van der Waals surface area (Å²) < 4.78 is 4.96. The van der Waals surface area contributed by atoms with Crippen LogP contribution in [0.5, 0.6) is 0 Å². The van der Waals surface area contributed by atoms with E-state index in [9.17, 15) is 4.79 Å². The van der Waals surface area contributed by atoms with Crippen molar-refractivity contribution in [2.75, 3.05) is 20.8 Å². The van der Waals surface area contributed by atoms with Crippen molar-refractivity contribution in [2.45, 2.75) is 25.9 Å². The molecule has 0 heterocycles. The maximum absolute atomic E-state index is 10.8. The Hall–Kier alpha value is -0.610. The molecule has 0 aromatic carbocycles. The molecule has 0 aromatic rings. The standard InChI is InChI=1S/C8H18N2O2/c1-6(5-12-4)10(3)7(2)8(9)11/h6-7H,5H2,1-4H3,(H2,9,11). The molecule has 4 nitrogen and oxygen atoms in total.